The van der Waals surface area contributed by atoms with Crippen molar-refractivity contribution in [1.29, 1.82) is 0 Å². The number of nitrogens with zero attached hydrogens (tertiary/aromatic N) is 1. The quantitative estimate of drug-likeness (QED) is 0.789. The fourth-order valence-corrected chi connectivity index (χ4v) is 1.87. The molecule has 130 valence electrons. The summed E-state index contributed by atoms with van der Waals surface area (Å²) in [7, 11) is 1.64. The Bertz CT molecular complexity index is 491. The summed E-state index contributed by atoms with van der Waals surface area (Å²) in [6.45, 7) is 5.43. The molecule has 1 aromatic heterocycles. The third kappa shape index (κ3) is 8.25. The van der Waals surface area contributed by atoms with E-state index in [0.29, 0.717) is 19.4 Å². The van der Waals surface area contributed by atoms with Crippen molar-refractivity contribution < 1.29 is 28.6 Å². The van der Waals surface area contributed by atoms with Gasteiger partial charge in [0.25, 0.3) is 0 Å². The van der Waals surface area contributed by atoms with Crippen molar-refractivity contribution in [2.75, 3.05) is 20.2 Å². The first-order chi connectivity index (χ1) is 10.7. The fourth-order valence-electron chi connectivity index (χ4n) is 1.87. The Morgan fingerprint density at radius 2 is 2.09 bits per heavy atom. The second-order valence-electron chi connectivity index (χ2n) is 6.35. The standard InChI is InChI=1S/C16H25NO6/c1-16(2,3)23-15(20)17(4)7-5-13(22-11-14(18)19)9-12-6-8-21-10-12/h6,8,10,13H,5,7,9,11H2,1-4H3,(H,18,19). The van der Waals surface area contributed by atoms with Crippen LogP contribution in [0.15, 0.2) is 23.0 Å². The number of hydrogen-bond donors (Lipinski definition) is 1. The maximum Gasteiger partial charge on any atom is 0.410 e. The van der Waals surface area contributed by atoms with E-state index >= 15 is 0 Å². The van der Waals surface area contributed by atoms with E-state index in [9.17, 15) is 9.59 Å². The number of carbonyl (C=O) groups excluding carboxylic acids is 1. The number of amides is 1. The average molecular weight is 327 g/mol. The number of carboxylic acids is 1. The summed E-state index contributed by atoms with van der Waals surface area (Å²) in [5.74, 6) is -1.03. The third-order valence-corrected chi connectivity index (χ3v) is 2.98. The molecule has 1 atom stereocenters. The molecule has 0 aliphatic rings. The predicted molar refractivity (Wildman–Crippen MR) is 83.3 cm³/mol. The van der Waals surface area contributed by atoms with Crippen molar-refractivity contribution in [2.45, 2.75) is 45.3 Å². The van der Waals surface area contributed by atoms with Crippen molar-refractivity contribution in [3.8, 4) is 0 Å². The maximum absolute atomic E-state index is 11.9. The number of carbonyl (C=O) groups is 2. The van der Waals surface area contributed by atoms with Crippen LogP contribution in [-0.4, -0.2) is 54.0 Å². The first-order valence-electron chi connectivity index (χ1n) is 7.46. The minimum atomic E-state index is -1.03. The Balaban J connectivity index is 2.51. The van der Waals surface area contributed by atoms with E-state index < -0.39 is 17.7 Å². The van der Waals surface area contributed by atoms with Crippen molar-refractivity contribution in [1.82, 2.24) is 4.90 Å². The zero-order valence-electron chi connectivity index (χ0n) is 14.1. The lowest BCUT2D eigenvalue weighted by molar-refractivity contribution is -0.144. The summed E-state index contributed by atoms with van der Waals surface area (Å²) in [4.78, 5) is 24.0. The lowest BCUT2D eigenvalue weighted by Crippen LogP contribution is -2.36. The number of rotatable bonds is 8. The van der Waals surface area contributed by atoms with Gasteiger partial charge in [0, 0.05) is 20.0 Å². The van der Waals surface area contributed by atoms with Gasteiger partial charge in [-0.25, -0.2) is 9.59 Å². The zero-order valence-corrected chi connectivity index (χ0v) is 14.1. The molecular formula is C16H25NO6. The first kappa shape index (κ1) is 19.0. The van der Waals surface area contributed by atoms with Gasteiger partial charge in [0.1, 0.15) is 12.2 Å². The summed E-state index contributed by atoms with van der Waals surface area (Å²) in [5, 5.41) is 8.75. The van der Waals surface area contributed by atoms with Crippen molar-refractivity contribution in [3.63, 3.8) is 0 Å². The average Bonchev–Trinajstić information content (AvgIpc) is 2.92. The molecule has 23 heavy (non-hydrogen) atoms. The Kier molecular flexibility index (Phi) is 7.09. The molecule has 0 saturated carbocycles. The molecule has 0 bridgehead atoms. The zero-order chi connectivity index (χ0) is 17.5. The topological polar surface area (TPSA) is 89.2 Å². The monoisotopic (exact) mass is 327 g/mol. The second kappa shape index (κ2) is 8.57. The van der Waals surface area contributed by atoms with Gasteiger partial charge in [0.05, 0.1) is 18.6 Å². The third-order valence-electron chi connectivity index (χ3n) is 2.98. The Labute approximate surface area is 136 Å². The summed E-state index contributed by atoms with van der Waals surface area (Å²) < 4.78 is 15.7. The molecule has 1 N–H and O–H groups in total. The van der Waals surface area contributed by atoms with Gasteiger partial charge in [-0.05, 0) is 38.8 Å². The first-order valence-corrected chi connectivity index (χ1v) is 7.46. The molecule has 1 rings (SSSR count). The van der Waals surface area contributed by atoms with E-state index in [0.717, 1.165) is 5.56 Å². The molecule has 1 aromatic rings. The SMILES string of the molecule is CN(CCC(Cc1ccoc1)OCC(=O)O)C(=O)OC(C)(C)C. The normalized spacial score (nSPS) is 12.7. The number of hydrogen-bond acceptors (Lipinski definition) is 5. The number of furan rings is 1. The van der Waals surface area contributed by atoms with Crippen molar-refractivity contribution >= 4 is 12.1 Å². The van der Waals surface area contributed by atoms with Crippen LogP contribution in [0.1, 0.15) is 32.8 Å². The highest BCUT2D eigenvalue weighted by molar-refractivity contribution is 5.68. The van der Waals surface area contributed by atoms with E-state index in [1.54, 1.807) is 46.4 Å². The van der Waals surface area contributed by atoms with Crippen LogP contribution in [0.25, 0.3) is 0 Å². The molecule has 1 unspecified atom stereocenters. The predicted octanol–water partition coefficient (Wildman–Crippen LogP) is 2.55. The Morgan fingerprint density at radius 3 is 2.61 bits per heavy atom. The van der Waals surface area contributed by atoms with Crippen LogP contribution in [0, 0.1) is 0 Å². The van der Waals surface area contributed by atoms with E-state index in [-0.39, 0.29) is 12.7 Å². The number of carboxylic acid groups (broad SMARTS) is 1. The van der Waals surface area contributed by atoms with Crippen LogP contribution in [0.5, 0.6) is 0 Å². The summed E-state index contributed by atoms with van der Waals surface area (Å²) in [5.41, 5.74) is 0.363. The van der Waals surface area contributed by atoms with Crippen molar-refractivity contribution in [2.24, 2.45) is 0 Å². The lowest BCUT2D eigenvalue weighted by atomic mass is 10.1. The van der Waals surface area contributed by atoms with Gasteiger partial charge in [0.2, 0.25) is 0 Å². The summed E-state index contributed by atoms with van der Waals surface area (Å²) in [6.07, 6.45) is 3.41. The minimum absolute atomic E-state index is 0.325. The highest BCUT2D eigenvalue weighted by atomic mass is 16.6. The maximum atomic E-state index is 11.9. The van der Waals surface area contributed by atoms with Crippen LogP contribution in [-0.2, 0) is 20.7 Å². The fraction of sp³-hybridized carbons (Fsp3) is 0.625. The van der Waals surface area contributed by atoms with Crippen LogP contribution >= 0.6 is 0 Å². The highest BCUT2D eigenvalue weighted by Crippen LogP contribution is 2.13. The molecule has 0 aliphatic carbocycles. The van der Waals surface area contributed by atoms with E-state index in [2.05, 4.69) is 0 Å². The molecule has 7 nitrogen and oxygen atoms in total. The molecule has 0 fully saturated rings. The minimum Gasteiger partial charge on any atom is -0.480 e. The van der Waals surface area contributed by atoms with Gasteiger partial charge in [-0.15, -0.1) is 0 Å². The number of ether oxygens (including phenoxy) is 2. The Morgan fingerprint density at radius 1 is 1.39 bits per heavy atom. The molecule has 0 aromatic carbocycles. The van der Waals surface area contributed by atoms with Gasteiger partial charge in [0.15, 0.2) is 0 Å². The van der Waals surface area contributed by atoms with E-state index in [4.69, 9.17) is 19.0 Å². The Hall–Kier alpha value is -2.02. The van der Waals surface area contributed by atoms with E-state index in [1.165, 1.54) is 4.90 Å². The van der Waals surface area contributed by atoms with E-state index in [1.807, 2.05) is 0 Å². The van der Waals surface area contributed by atoms with Crippen LogP contribution in [0.2, 0.25) is 0 Å². The van der Waals surface area contributed by atoms with Crippen LogP contribution in [0.3, 0.4) is 0 Å². The van der Waals surface area contributed by atoms with Crippen molar-refractivity contribution in [3.05, 3.63) is 24.2 Å². The lowest BCUT2D eigenvalue weighted by Gasteiger charge is -2.26. The summed E-state index contributed by atoms with van der Waals surface area (Å²) >= 11 is 0. The summed E-state index contributed by atoms with van der Waals surface area (Å²) in [6, 6.07) is 1.80. The molecule has 7 heteroatoms. The number of aliphatic carboxylic acids is 1. The van der Waals surface area contributed by atoms with Gasteiger partial charge in [-0.1, -0.05) is 0 Å². The largest absolute Gasteiger partial charge is 0.480 e. The van der Waals surface area contributed by atoms with Crippen LogP contribution < -0.4 is 0 Å². The molecule has 0 radical (unpaired) electrons. The van der Waals surface area contributed by atoms with Gasteiger partial charge >= 0.3 is 12.1 Å². The highest BCUT2D eigenvalue weighted by Gasteiger charge is 2.21. The van der Waals surface area contributed by atoms with Crippen LogP contribution in [0.4, 0.5) is 4.79 Å². The molecule has 0 saturated heterocycles. The molecule has 0 aliphatic heterocycles. The second-order valence-corrected chi connectivity index (χ2v) is 6.35. The molecule has 1 amide bonds. The molecule has 0 spiro atoms. The molecule has 1 heterocycles. The van der Waals surface area contributed by atoms with Gasteiger partial charge in [-0.3, -0.25) is 0 Å². The smallest absolute Gasteiger partial charge is 0.410 e. The van der Waals surface area contributed by atoms with Gasteiger partial charge in [-0.2, -0.15) is 0 Å². The molecular weight excluding hydrogens is 302 g/mol. The van der Waals surface area contributed by atoms with Gasteiger partial charge < -0.3 is 23.9 Å².